The number of carbonyl (C=O) groups excluding carboxylic acids is 4. The van der Waals surface area contributed by atoms with Gasteiger partial charge in [0, 0.05) is 39.5 Å². The minimum absolute atomic E-state index is 0.00390. The van der Waals surface area contributed by atoms with Gasteiger partial charge in [0.1, 0.15) is 5.82 Å². The van der Waals surface area contributed by atoms with Crippen LogP contribution in [0.25, 0.3) is 53.0 Å². The molecule has 2 unspecified atom stereocenters. The van der Waals surface area contributed by atoms with Crippen LogP contribution in [0.15, 0.2) is 53.6 Å². The molecule has 0 saturated heterocycles. The summed E-state index contributed by atoms with van der Waals surface area (Å²) >= 11 is 4.76. The predicted molar refractivity (Wildman–Crippen MR) is 245 cm³/mol. The number of carbonyl (C=O) groups is 4. The SMILES string of the molecule is CCCCC(CC)Cn1c2cc(C=C3C(=O)c4cc(F)c(F)cc4C3=O)sc2c2sc3c4sc(/C=C(/C=O)C(=O)c5ccc(F)cc5C)cc4n(CC(CC)CCCC)c3c21. The van der Waals surface area contributed by atoms with Crippen molar-refractivity contribution in [3.8, 4) is 0 Å². The summed E-state index contributed by atoms with van der Waals surface area (Å²) < 4.78 is 51.4. The maximum Gasteiger partial charge on any atom is 0.197 e. The topological polar surface area (TPSA) is 78.1 Å². The van der Waals surface area contributed by atoms with Crippen LogP contribution in [0.2, 0.25) is 0 Å². The first-order chi connectivity index (χ1) is 29.4. The normalized spacial score (nSPS) is 14.4. The number of hydrogen-bond donors (Lipinski definition) is 0. The highest BCUT2D eigenvalue weighted by atomic mass is 32.1. The lowest BCUT2D eigenvalue weighted by Crippen LogP contribution is -2.12. The number of unbranched alkanes of at least 4 members (excludes halogenated alkanes) is 2. The number of benzene rings is 2. The maximum atomic E-state index is 14.2. The molecule has 6 nitrogen and oxygen atoms in total. The molecule has 0 bridgehead atoms. The Kier molecular flexibility index (Phi) is 12.2. The van der Waals surface area contributed by atoms with Crippen molar-refractivity contribution in [1.82, 2.24) is 9.13 Å². The Balaban J connectivity index is 1.32. The molecule has 0 amide bonds. The molecule has 0 aliphatic heterocycles. The van der Waals surface area contributed by atoms with E-state index in [2.05, 4.69) is 42.9 Å². The van der Waals surface area contributed by atoms with E-state index in [0.29, 0.717) is 28.6 Å². The van der Waals surface area contributed by atoms with Crippen LogP contribution in [0.5, 0.6) is 0 Å². The zero-order valence-electron chi connectivity index (χ0n) is 34.9. The monoisotopic (exact) mass is 880 g/mol. The van der Waals surface area contributed by atoms with Crippen LogP contribution >= 0.6 is 34.0 Å². The average Bonchev–Trinajstić information content (AvgIpc) is 4.07. The molecule has 0 radical (unpaired) electrons. The van der Waals surface area contributed by atoms with E-state index in [9.17, 15) is 32.3 Å². The fourth-order valence-corrected chi connectivity index (χ4v) is 12.6. The standard InChI is InChI=1S/C49H47F3N2O4S3/c1-6-10-12-27(8-3)23-53-39-19-31(17-29(25-55)43(56)33-15-14-30(50)16-26(33)5)59-46(39)48-41(53)42-49(61-48)47-40(54(42)24-28(9-4)13-11-7-2)20-32(60-47)18-36-44(57)34-21-37(51)38(52)22-35(34)45(36)58/h14-22,25,27-28H,6-13,23-24H2,1-5H3/b29-17-. The number of thiophene rings is 3. The van der Waals surface area contributed by atoms with Crippen molar-refractivity contribution in [3.63, 3.8) is 0 Å². The van der Waals surface area contributed by atoms with Crippen LogP contribution in [0.3, 0.4) is 0 Å². The number of rotatable bonds is 17. The number of halogens is 3. The van der Waals surface area contributed by atoms with Gasteiger partial charge < -0.3 is 9.13 Å². The van der Waals surface area contributed by atoms with E-state index in [0.717, 1.165) is 122 Å². The van der Waals surface area contributed by atoms with Crippen molar-refractivity contribution in [2.75, 3.05) is 0 Å². The van der Waals surface area contributed by atoms with Crippen molar-refractivity contribution < 1.29 is 32.3 Å². The van der Waals surface area contributed by atoms with Crippen LogP contribution in [0, 0.1) is 36.2 Å². The molecule has 2 atom stereocenters. The van der Waals surface area contributed by atoms with Crippen molar-refractivity contribution in [3.05, 3.63) is 103 Å². The quantitative estimate of drug-likeness (QED) is 0.0300. The molecular formula is C49H47F3N2O4S3. The van der Waals surface area contributed by atoms with Crippen LogP contribution in [0.1, 0.15) is 125 Å². The molecule has 1 aliphatic carbocycles. The van der Waals surface area contributed by atoms with Gasteiger partial charge in [-0.3, -0.25) is 19.2 Å². The highest BCUT2D eigenvalue weighted by Gasteiger charge is 2.35. The number of aromatic nitrogens is 2. The molecule has 7 aromatic rings. The number of aryl methyl sites for hydroxylation is 1. The molecule has 316 valence electrons. The zero-order valence-corrected chi connectivity index (χ0v) is 37.3. The van der Waals surface area contributed by atoms with E-state index in [1.54, 1.807) is 41.7 Å². The third-order valence-corrected chi connectivity index (χ3v) is 15.9. The minimum Gasteiger partial charge on any atom is -0.337 e. The van der Waals surface area contributed by atoms with Gasteiger partial charge in [0.05, 0.1) is 52.0 Å². The molecule has 0 spiro atoms. The van der Waals surface area contributed by atoms with Gasteiger partial charge in [0.2, 0.25) is 0 Å². The maximum absolute atomic E-state index is 14.2. The van der Waals surface area contributed by atoms with Crippen molar-refractivity contribution in [1.29, 1.82) is 0 Å². The molecule has 0 N–H and O–H groups in total. The van der Waals surface area contributed by atoms with E-state index < -0.39 is 34.8 Å². The molecule has 5 aromatic heterocycles. The Labute approximate surface area is 364 Å². The third kappa shape index (κ3) is 7.69. The van der Waals surface area contributed by atoms with Crippen molar-refractivity contribution in [2.45, 2.75) is 99.1 Å². The van der Waals surface area contributed by atoms with Gasteiger partial charge in [0.25, 0.3) is 0 Å². The molecular weight excluding hydrogens is 834 g/mol. The van der Waals surface area contributed by atoms with Gasteiger partial charge in [-0.2, -0.15) is 0 Å². The van der Waals surface area contributed by atoms with Crippen LogP contribution in [-0.4, -0.2) is 32.8 Å². The molecule has 0 saturated carbocycles. The van der Waals surface area contributed by atoms with Crippen molar-refractivity contribution in [2.24, 2.45) is 11.8 Å². The lowest BCUT2D eigenvalue weighted by molar-refractivity contribution is -0.104. The summed E-state index contributed by atoms with van der Waals surface area (Å²) in [5, 5.41) is 0. The lowest BCUT2D eigenvalue weighted by Gasteiger charge is -2.19. The number of ketones is 3. The van der Waals surface area contributed by atoms with Gasteiger partial charge in [-0.25, -0.2) is 13.2 Å². The molecule has 5 heterocycles. The van der Waals surface area contributed by atoms with Gasteiger partial charge in [0.15, 0.2) is 35.3 Å². The molecule has 12 heteroatoms. The fraction of sp³-hybridized carbons (Fsp3) is 0.347. The summed E-state index contributed by atoms with van der Waals surface area (Å²) in [5.74, 6) is -3.64. The van der Waals surface area contributed by atoms with Crippen LogP contribution in [-0.2, 0) is 17.9 Å². The summed E-state index contributed by atoms with van der Waals surface area (Å²) in [6.45, 7) is 12.1. The highest BCUT2D eigenvalue weighted by molar-refractivity contribution is 7.34. The summed E-state index contributed by atoms with van der Waals surface area (Å²) in [5.41, 5.74) is 4.77. The summed E-state index contributed by atoms with van der Waals surface area (Å²) in [6, 6.07) is 9.68. The predicted octanol–water partition coefficient (Wildman–Crippen LogP) is 14.2. The summed E-state index contributed by atoms with van der Waals surface area (Å²) in [4.78, 5) is 54.3. The largest absolute Gasteiger partial charge is 0.337 e. The van der Waals surface area contributed by atoms with Gasteiger partial charge >= 0.3 is 0 Å². The summed E-state index contributed by atoms with van der Waals surface area (Å²) in [6.07, 6.45) is 12.4. The Hall–Kier alpha value is -4.91. The van der Waals surface area contributed by atoms with Crippen LogP contribution in [0.4, 0.5) is 13.2 Å². The molecule has 61 heavy (non-hydrogen) atoms. The second-order valence-electron chi connectivity index (χ2n) is 16.3. The number of nitrogens with zero attached hydrogens (tertiary/aromatic N) is 2. The minimum atomic E-state index is -1.17. The molecule has 2 aromatic carbocycles. The van der Waals surface area contributed by atoms with Crippen molar-refractivity contribution >= 4 is 111 Å². The van der Waals surface area contributed by atoms with Gasteiger partial charge in [-0.05, 0) is 91.8 Å². The van der Waals surface area contributed by atoms with Gasteiger partial charge in [-0.15, -0.1) is 34.0 Å². The first-order valence-corrected chi connectivity index (χ1v) is 23.6. The number of aldehydes is 1. The van der Waals surface area contributed by atoms with Gasteiger partial charge in [-0.1, -0.05) is 66.2 Å². The first-order valence-electron chi connectivity index (χ1n) is 21.2. The number of Topliss-reactive ketones (excluding diaryl/α,β-unsaturated/α-hetero) is 3. The Morgan fingerprint density at radius 3 is 1.72 bits per heavy atom. The Bertz CT molecular complexity index is 2930. The number of allylic oxidation sites excluding steroid dienone is 2. The van der Waals surface area contributed by atoms with Crippen LogP contribution < -0.4 is 0 Å². The molecule has 0 fully saturated rings. The smallest absolute Gasteiger partial charge is 0.197 e. The second-order valence-corrected chi connectivity index (χ2v) is 19.5. The number of fused-ring (bicyclic) bond motifs is 8. The van der Waals surface area contributed by atoms with E-state index in [4.69, 9.17) is 0 Å². The summed E-state index contributed by atoms with van der Waals surface area (Å²) in [7, 11) is 0. The third-order valence-electron chi connectivity index (χ3n) is 12.3. The lowest BCUT2D eigenvalue weighted by atomic mass is 9.99. The van der Waals surface area contributed by atoms with E-state index in [1.165, 1.54) is 29.5 Å². The zero-order chi connectivity index (χ0) is 43.3. The Morgan fingerprint density at radius 1 is 0.705 bits per heavy atom. The Morgan fingerprint density at radius 2 is 1.23 bits per heavy atom. The second kappa shape index (κ2) is 17.5. The number of hydrogen-bond acceptors (Lipinski definition) is 7. The fourth-order valence-electron chi connectivity index (χ4n) is 8.79. The van der Waals surface area contributed by atoms with E-state index in [-0.39, 0.29) is 27.8 Å². The highest BCUT2D eigenvalue weighted by Crippen LogP contribution is 2.50. The van der Waals surface area contributed by atoms with E-state index in [1.807, 2.05) is 6.07 Å². The van der Waals surface area contributed by atoms with E-state index >= 15 is 0 Å². The first kappa shape index (κ1) is 42.8. The molecule has 1 aliphatic rings. The molecule has 8 rings (SSSR count). The average molecular weight is 881 g/mol.